The minimum Gasteiger partial charge on any atom is -0.490 e. The van der Waals surface area contributed by atoms with E-state index >= 15 is 8.78 Å². The summed E-state index contributed by atoms with van der Waals surface area (Å²) in [5, 5.41) is 0.658. The summed E-state index contributed by atoms with van der Waals surface area (Å²) < 4.78 is 37.8. The van der Waals surface area contributed by atoms with Gasteiger partial charge in [0, 0.05) is 18.8 Å². The van der Waals surface area contributed by atoms with Crippen molar-refractivity contribution in [2.45, 2.75) is 65.3 Å². The van der Waals surface area contributed by atoms with Crippen molar-refractivity contribution in [3.05, 3.63) is 68.9 Å². The number of fused-ring (bicyclic) bond motifs is 5. The van der Waals surface area contributed by atoms with Crippen molar-refractivity contribution in [1.29, 1.82) is 0 Å². The van der Waals surface area contributed by atoms with Gasteiger partial charge in [-0.1, -0.05) is 32.4 Å². The lowest BCUT2D eigenvalue weighted by atomic mass is 9.95. The van der Waals surface area contributed by atoms with Gasteiger partial charge in [-0.2, -0.15) is 4.98 Å². The molecule has 5 heterocycles. The molecule has 2 aliphatic heterocycles. The maximum Gasteiger partial charge on any atom is 0.355 e. The zero-order valence-electron chi connectivity index (χ0n) is 23.5. The Labute approximate surface area is 242 Å². The SMILES string of the molecule is CC(C)c1nccc2c1-n1c(=O)nc(N3C[C@@H](C)CC[C@@H]3C)c3cc(Cl)c(nc31)-c1c(F)ccc(F)c1OCCC2. The van der Waals surface area contributed by atoms with Crippen molar-refractivity contribution < 1.29 is 13.5 Å². The number of aromatic nitrogens is 4. The van der Waals surface area contributed by atoms with Crippen LogP contribution in [-0.4, -0.2) is 38.7 Å². The molecule has 3 aromatic heterocycles. The van der Waals surface area contributed by atoms with Gasteiger partial charge in [0.05, 0.1) is 39.7 Å². The molecule has 2 atom stereocenters. The van der Waals surface area contributed by atoms with Crippen LogP contribution in [0.5, 0.6) is 5.75 Å². The second-order valence-electron chi connectivity index (χ2n) is 11.5. The van der Waals surface area contributed by atoms with Crippen molar-refractivity contribution in [3.8, 4) is 22.7 Å². The van der Waals surface area contributed by atoms with E-state index in [2.05, 4.69) is 28.7 Å². The number of ether oxygens (including phenoxy) is 1. The van der Waals surface area contributed by atoms with Crippen LogP contribution in [0.2, 0.25) is 5.02 Å². The molecule has 214 valence electrons. The summed E-state index contributed by atoms with van der Waals surface area (Å²) in [5.74, 6) is -0.812. The van der Waals surface area contributed by atoms with E-state index < -0.39 is 17.3 Å². The zero-order valence-corrected chi connectivity index (χ0v) is 24.3. The molecule has 1 fully saturated rings. The first-order valence-electron chi connectivity index (χ1n) is 14.1. The van der Waals surface area contributed by atoms with Crippen molar-refractivity contribution in [3.63, 3.8) is 0 Å². The van der Waals surface area contributed by atoms with Gasteiger partial charge in [-0.15, -0.1) is 0 Å². The molecule has 10 heteroatoms. The van der Waals surface area contributed by atoms with E-state index in [1.54, 1.807) is 12.3 Å². The van der Waals surface area contributed by atoms with Crippen LogP contribution in [0.4, 0.5) is 14.6 Å². The number of halogens is 3. The summed E-state index contributed by atoms with van der Waals surface area (Å²) in [5.41, 5.74) is 1.76. The number of anilines is 1. The third kappa shape index (κ3) is 4.74. The molecule has 6 rings (SSSR count). The van der Waals surface area contributed by atoms with E-state index in [1.807, 2.05) is 19.9 Å². The second-order valence-corrected chi connectivity index (χ2v) is 11.9. The summed E-state index contributed by atoms with van der Waals surface area (Å²) in [6.45, 7) is 9.15. The predicted molar refractivity (Wildman–Crippen MR) is 156 cm³/mol. The highest BCUT2D eigenvalue weighted by Crippen LogP contribution is 2.41. The molecule has 0 amide bonds. The fourth-order valence-corrected chi connectivity index (χ4v) is 6.26. The first-order valence-corrected chi connectivity index (χ1v) is 14.5. The number of nitrogens with zero attached hydrogens (tertiary/aromatic N) is 5. The molecule has 1 saturated heterocycles. The highest BCUT2D eigenvalue weighted by molar-refractivity contribution is 6.34. The van der Waals surface area contributed by atoms with Crippen LogP contribution in [0.1, 0.15) is 64.1 Å². The topological polar surface area (TPSA) is 73.1 Å². The van der Waals surface area contributed by atoms with Crippen LogP contribution in [0.15, 0.2) is 35.3 Å². The van der Waals surface area contributed by atoms with Gasteiger partial charge in [0.2, 0.25) is 0 Å². The average Bonchev–Trinajstić information content (AvgIpc) is 2.93. The molecule has 1 aromatic carbocycles. The summed E-state index contributed by atoms with van der Waals surface area (Å²) in [7, 11) is 0. The molecule has 0 N–H and O–H groups in total. The van der Waals surface area contributed by atoms with Gasteiger partial charge in [-0.25, -0.2) is 23.1 Å². The van der Waals surface area contributed by atoms with E-state index in [4.69, 9.17) is 21.3 Å². The minimum atomic E-state index is -0.723. The number of rotatable bonds is 2. The van der Waals surface area contributed by atoms with E-state index in [0.717, 1.165) is 37.1 Å². The number of hydrogen-bond acceptors (Lipinski definition) is 6. The molecule has 41 heavy (non-hydrogen) atoms. The van der Waals surface area contributed by atoms with E-state index in [0.29, 0.717) is 41.3 Å². The largest absolute Gasteiger partial charge is 0.490 e. The summed E-state index contributed by atoms with van der Waals surface area (Å²) in [6.07, 6.45) is 4.76. The minimum absolute atomic E-state index is 0.00589. The van der Waals surface area contributed by atoms with E-state index in [1.165, 1.54) is 4.57 Å². The molecule has 2 bridgehead atoms. The van der Waals surface area contributed by atoms with Crippen LogP contribution in [0.3, 0.4) is 0 Å². The Morgan fingerprint density at radius 2 is 1.88 bits per heavy atom. The number of hydrogen-bond donors (Lipinski definition) is 0. The van der Waals surface area contributed by atoms with Crippen molar-refractivity contribution in [2.24, 2.45) is 5.92 Å². The molecule has 2 aliphatic rings. The lowest BCUT2D eigenvalue weighted by Gasteiger charge is -2.38. The third-order valence-corrected chi connectivity index (χ3v) is 8.42. The van der Waals surface area contributed by atoms with Crippen LogP contribution in [0, 0.1) is 17.6 Å². The Balaban J connectivity index is 1.77. The van der Waals surface area contributed by atoms with Gasteiger partial charge in [-0.3, -0.25) is 4.98 Å². The molecule has 0 unspecified atom stereocenters. The maximum atomic E-state index is 15.4. The predicted octanol–water partition coefficient (Wildman–Crippen LogP) is 6.85. The third-order valence-electron chi connectivity index (χ3n) is 8.13. The fraction of sp³-hybridized carbons (Fsp3) is 0.419. The van der Waals surface area contributed by atoms with Gasteiger partial charge in [-0.05, 0) is 74.3 Å². The van der Waals surface area contributed by atoms with Crippen LogP contribution >= 0.6 is 11.6 Å². The van der Waals surface area contributed by atoms with Crippen LogP contribution < -0.4 is 15.3 Å². The number of aryl methyl sites for hydroxylation is 1. The zero-order chi connectivity index (χ0) is 29.0. The normalized spacial score (nSPS) is 19.0. The Morgan fingerprint density at radius 3 is 2.66 bits per heavy atom. The standard InChI is InChI=1S/C31H32ClF2N5O2/c1-16(2)25-27-19(11-12-35-25)6-5-13-41-28-23(34)10-9-22(33)24(28)26-21(32)14-20-29(37-31(40)39(27)30(20)36-26)38-15-17(3)7-8-18(38)4/h9-12,14,16-18H,5-8,13,15H2,1-4H3/t17-,18-/m0/s1. The monoisotopic (exact) mass is 579 g/mol. The highest BCUT2D eigenvalue weighted by Gasteiger charge is 2.30. The first kappa shape index (κ1) is 27.6. The Kier molecular flexibility index (Phi) is 7.18. The van der Waals surface area contributed by atoms with E-state index in [-0.39, 0.29) is 46.2 Å². The summed E-state index contributed by atoms with van der Waals surface area (Å²) >= 11 is 6.82. The maximum absolute atomic E-state index is 15.4. The lowest BCUT2D eigenvalue weighted by molar-refractivity contribution is 0.295. The van der Waals surface area contributed by atoms with Crippen molar-refractivity contribution in [2.75, 3.05) is 18.1 Å². The van der Waals surface area contributed by atoms with Crippen molar-refractivity contribution >= 4 is 28.5 Å². The molecule has 0 radical (unpaired) electrons. The number of piperidine rings is 1. The Morgan fingerprint density at radius 1 is 1.10 bits per heavy atom. The molecule has 0 spiro atoms. The molecule has 4 aromatic rings. The molecule has 7 nitrogen and oxygen atoms in total. The molecular weight excluding hydrogens is 548 g/mol. The molecule has 0 aliphatic carbocycles. The fourth-order valence-electron chi connectivity index (χ4n) is 6.01. The molecular formula is C31H32ClF2N5O2. The van der Waals surface area contributed by atoms with Crippen LogP contribution in [0.25, 0.3) is 28.0 Å². The molecule has 0 saturated carbocycles. The van der Waals surface area contributed by atoms with Gasteiger partial charge >= 0.3 is 5.69 Å². The van der Waals surface area contributed by atoms with Gasteiger partial charge in [0.25, 0.3) is 0 Å². The van der Waals surface area contributed by atoms with Crippen molar-refractivity contribution in [1.82, 2.24) is 19.5 Å². The van der Waals surface area contributed by atoms with E-state index in [9.17, 15) is 4.79 Å². The average molecular weight is 580 g/mol. The second kappa shape index (κ2) is 10.7. The first-order chi connectivity index (χ1) is 19.7. The number of benzene rings is 1. The van der Waals surface area contributed by atoms with Gasteiger partial charge in [0.15, 0.2) is 17.2 Å². The number of pyridine rings is 2. The quantitative estimate of drug-likeness (QED) is 0.259. The summed E-state index contributed by atoms with van der Waals surface area (Å²) in [4.78, 5) is 30.4. The van der Waals surface area contributed by atoms with Gasteiger partial charge < -0.3 is 9.64 Å². The van der Waals surface area contributed by atoms with Crippen LogP contribution in [-0.2, 0) is 6.42 Å². The Hall–Kier alpha value is -3.59. The highest BCUT2D eigenvalue weighted by atomic mass is 35.5. The summed E-state index contributed by atoms with van der Waals surface area (Å²) in [6, 6.07) is 5.74. The Bertz CT molecular complexity index is 1720. The lowest BCUT2D eigenvalue weighted by Crippen LogP contribution is -2.43. The smallest absolute Gasteiger partial charge is 0.355 e. The van der Waals surface area contributed by atoms with Gasteiger partial charge in [0.1, 0.15) is 11.6 Å².